The molecular formula is C38H28N4. The number of nitrogens with zero attached hydrogens (tertiary/aromatic N) is 2. The summed E-state index contributed by atoms with van der Waals surface area (Å²) in [5.74, 6) is 0.870. The Morgan fingerprint density at radius 1 is 0.548 bits per heavy atom. The summed E-state index contributed by atoms with van der Waals surface area (Å²) in [6.45, 7) is 0. The van der Waals surface area contributed by atoms with Crippen LogP contribution in [0.5, 0.6) is 0 Å². The Morgan fingerprint density at radius 2 is 1.17 bits per heavy atom. The van der Waals surface area contributed by atoms with Crippen molar-refractivity contribution in [1.82, 2.24) is 10.6 Å². The standard InChI is InChI=1S/C38H28N4/c39-25-30-15-7-8-16-31(30)26-19-21-27(22-20-26)32-23-24-35(34-18-10-9-17-33(32)34)38-41-36(28-11-3-1-4-12-28)40-37(42-38)29-13-5-2-6-14-29/h1-24,36,38,41H,(H,40,42). The van der Waals surface area contributed by atoms with Crippen molar-refractivity contribution in [2.45, 2.75) is 12.3 Å². The highest BCUT2D eigenvalue weighted by Crippen LogP contribution is 2.36. The van der Waals surface area contributed by atoms with Gasteiger partial charge < -0.3 is 5.32 Å². The van der Waals surface area contributed by atoms with Gasteiger partial charge in [0.1, 0.15) is 18.2 Å². The summed E-state index contributed by atoms with van der Waals surface area (Å²) in [6.07, 6.45) is -0.332. The molecule has 4 nitrogen and oxygen atoms in total. The molecule has 6 aromatic rings. The van der Waals surface area contributed by atoms with Gasteiger partial charge in [-0.1, -0.05) is 140 Å². The van der Waals surface area contributed by atoms with Crippen LogP contribution in [0.4, 0.5) is 0 Å². The summed E-state index contributed by atoms with van der Waals surface area (Å²) >= 11 is 0. The van der Waals surface area contributed by atoms with Gasteiger partial charge in [-0.15, -0.1) is 0 Å². The second-order valence-corrected chi connectivity index (χ2v) is 10.4. The van der Waals surface area contributed by atoms with Crippen LogP contribution in [0.2, 0.25) is 0 Å². The zero-order chi connectivity index (χ0) is 28.3. The third kappa shape index (κ3) is 4.83. The maximum absolute atomic E-state index is 9.56. The lowest BCUT2D eigenvalue weighted by atomic mass is 9.92. The lowest BCUT2D eigenvalue weighted by molar-refractivity contribution is 0.411. The molecule has 0 aromatic heterocycles. The van der Waals surface area contributed by atoms with Crippen LogP contribution in [0.15, 0.2) is 151 Å². The lowest BCUT2D eigenvalue weighted by Crippen LogP contribution is -2.45. The van der Waals surface area contributed by atoms with E-state index in [0.717, 1.165) is 39.2 Å². The number of aliphatic imine (C=N–C) groups is 1. The van der Waals surface area contributed by atoms with E-state index in [0.29, 0.717) is 5.56 Å². The van der Waals surface area contributed by atoms with E-state index in [-0.39, 0.29) is 12.3 Å². The minimum absolute atomic E-state index is 0.147. The Labute approximate surface area is 245 Å². The Balaban J connectivity index is 1.28. The normalized spacial score (nSPS) is 16.3. The van der Waals surface area contributed by atoms with Gasteiger partial charge in [0.25, 0.3) is 0 Å². The molecule has 42 heavy (non-hydrogen) atoms. The molecule has 0 aliphatic carbocycles. The molecule has 1 aliphatic heterocycles. The van der Waals surface area contributed by atoms with Gasteiger partial charge in [-0.2, -0.15) is 5.26 Å². The van der Waals surface area contributed by atoms with Crippen molar-refractivity contribution in [1.29, 1.82) is 5.26 Å². The maximum atomic E-state index is 9.56. The number of rotatable bonds is 5. The van der Waals surface area contributed by atoms with Crippen molar-refractivity contribution in [3.05, 3.63) is 168 Å². The summed E-state index contributed by atoms with van der Waals surface area (Å²) in [4.78, 5) is 5.06. The third-order valence-corrected chi connectivity index (χ3v) is 7.85. The van der Waals surface area contributed by atoms with Gasteiger partial charge in [-0.25, -0.2) is 4.99 Å². The molecule has 2 atom stereocenters. The van der Waals surface area contributed by atoms with E-state index < -0.39 is 0 Å². The monoisotopic (exact) mass is 540 g/mol. The second-order valence-electron chi connectivity index (χ2n) is 10.4. The van der Waals surface area contributed by atoms with Gasteiger partial charge in [0.05, 0.1) is 11.6 Å². The first kappa shape index (κ1) is 25.5. The van der Waals surface area contributed by atoms with Crippen molar-refractivity contribution in [2.75, 3.05) is 0 Å². The Bertz CT molecular complexity index is 1940. The van der Waals surface area contributed by atoms with E-state index in [9.17, 15) is 5.26 Å². The Morgan fingerprint density at radius 3 is 1.90 bits per heavy atom. The molecule has 4 heteroatoms. The summed E-state index contributed by atoms with van der Waals surface area (Å²) in [5, 5.41) is 19.4. The van der Waals surface area contributed by atoms with Crippen LogP contribution in [0, 0.1) is 11.3 Å². The van der Waals surface area contributed by atoms with Gasteiger partial charge in [0.15, 0.2) is 0 Å². The highest BCUT2D eigenvalue weighted by molar-refractivity contribution is 6.01. The molecule has 2 N–H and O–H groups in total. The van der Waals surface area contributed by atoms with Gasteiger partial charge in [-0.3, -0.25) is 5.32 Å². The first-order chi connectivity index (χ1) is 20.8. The number of fused-ring (bicyclic) bond motifs is 1. The summed E-state index contributed by atoms with van der Waals surface area (Å²) in [5.41, 5.74) is 8.31. The molecule has 0 saturated carbocycles. The highest BCUT2D eigenvalue weighted by atomic mass is 15.3. The maximum Gasteiger partial charge on any atom is 0.131 e. The first-order valence-electron chi connectivity index (χ1n) is 14.1. The molecule has 1 aliphatic rings. The van der Waals surface area contributed by atoms with Crippen LogP contribution in [-0.4, -0.2) is 5.84 Å². The molecule has 0 bridgehead atoms. The molecule has 0 radical (unpaired) electrons. The zero-order valence-corrected chi connectivity index (χ0v) is 22.9. The molecule has 0 amide bonds. The number of nitriles is 1. The summed E-state index contributed by atoms with van der Waals surface area (Å²) in [6, 6.07) is 52.2. The average Bonchev–Trinajstić information content (AvgIpc) is 3.08. The summed E-state index contributed by atoms with van der Waals surface area (Å²) in [7, 11) is 0. The van der Waals surface area contributed by atoms with E-state index in [2.05, 4.69) is 114 Å². The fraction of sp³-hybridized carbons (Fsp3) is 0.0526. The highest BCUT2D eigenvalue weighted by Gasteiger charge is 2.26. The SMILES string of the molecule is N#Cc1ccccc1-c1ccc(-c2ccc(C3NC(c4ccccc4)=NC(c4ccccc4)N3)c3ccccc23)cc1. The second kappa shape index (κ2) is 11.2. The van der Waals surface area contributed by atoms with E-state index in [4.69, 9.17) is 4.99 Å². The number of nitrogens with one attached hydrogen (secondary N) is 2. The fourth-order valence-corrected chi connectivity index (χ4v) is 5.75. The molecule has 7 rings (SSSR count). The van der Waals surface area contributed by atoms with Gasteiger partial charge in [-0.05, 0) is 50.2 Å². The molecule has 0 spiro atoms. The quantitative estimate of drug-likeness (QED) is 0.231. The van der Waals surface area contributed by atoms with Gasteiger partial charge in [0.2, 0.25) is 0 Å². The van der Waals surface area contributed by atoms with E-state index in [1.54, 1.807) is 0 Å². The minimum Gasteiger partial charge on any atom is -0.350 e. The minimum atomic E-state index is -0.185. The Kier molecular flexibility index (Phi) is 6.77. The molecule has 1 heterocycles. The van der Waals surface area contributed by atoms with E-state index in [1.807, 2.05) is 48.5 Å². The number of hydrogen-bond acceptors (Lipinski definition) is 4. The lowest BCUT2D eigenvalue weighted by Gasteiger charge is -2.33. The molecule has 6 aromatic carbocycles. The van der Waals surface area contributed by atoms with Crippen molar-refractivity contribution < 1.29 is 0 Å². The number of benzene rings is 6. The van der Waals surface area contributed by atoms with Crippen molar-refractivity contribution in [2.24, 2.45) is 4.99 Å². The fourth-order valence-electron chi connectivity index (χ4n) is 5.75. The van der Waals surface area contributed by atoms with E-state index in [1.165, 1.54) is 16.3 Å². The third-order valence-electron chi connectivity index (χ3n) is 7.85. The average molecular weight is 541 g/mol. The van der Waals surface area contributed by atoms with Crippen LogP contribution < -0.4 is 10.6 Å². The van der Waals surface area contributed by atoms with Crippen molar-refractivity contribution >= 4 is 16.6 Å². The molecule has 200 valence electrons. The molecule has 0 saturated heterocycles. The molecular weight excluding hydrogens is 512 g/mol. The predicted octanol–water partition coefficient (Wildman–Crippen LogP) is 8.38. The van der Waals surface area contributed by atoms with Crippen LogP contribution in [0.3, 0.4) is 0 Å². The van der Waals surface area contributed by atoms with Crippen LogP contribution >= 0.6 is 0 Å². The summed E-state index contributed by atoms with van der Waals surface area (Å²) < 4.78 is 0. The van der Waals surface area contributed by atoms with Crippen molar-refractivity contribution in [3.8, 4) is 28.3 Å². The zero-order valence-electron chi connectivity index (χ0n) is 22.9. The molecule has 0 fully saturated rings. The first-order valence-corrected chi connectivity index (χ1v) is 14.1. The van der Waals surface area contributed by atoms with Crippen molar-refractivity contribution in [3.63, 3.8) is 0 Å². The predicted molar refractivity (Wildman–Crippen MR) is 171 cm³/mol. The van der Waals surface area contributed by atoms with Crippen LogP contribution in [0.25, 0.3) is 33.0 Å². The van der Waals surface area contributed by atoms with Gasteiger partial charge >= 0.3 is 0 Å². The Hall–Kier alpha value is -5.50. The van der Waals surface area contributed by atoms with Gasteiger partial charge in [0, 0.05) is 5.56 Å². The molecule has 2 unspecified atom stereocenters. The largest absolute Gasteiger partial charge is 0.350 e. The topological polar surface area (TPSA) is 60.2 Å². The van der Waals surface area contributed by atoms with Crippen LogP contribution in [0.1, 0.15) is 34.6 Å². The van der Waals surface area contributed by atoms with E-state index >= 15 is 0 Å². The number of hydrogen-bond donors (Lipinski definition) is 2. The number of amidine groups is 1. The smallest absolute Gasteiger partial charge is 0.131 e. The van der Waals surface area contributed by atoms with Crippen LogP contribution in [-0.2, 0) is 0 Å².